The average molecular weight is 260 g/mol. The molecule has 0 saturated heterocycles. The molecule has 94 valence electrons. The van der Waals surface area contributed by atoms with Crippen molar-refractivity contribution in [3.8, 4) is 11.5 Å². The smallest absolute Gasteiger partial charge is 0.273 e. The number of hydrogen-bond acceptors (Lipinski definition) is 3. The molecule has 0 unspecified atom stereocenters. The van der Waals surface area contributed by atoms with Gasteiger partial charge >= 0.3 is 0 Å². The molecule has 2 radical (unpaired) electrons. The molecule has 0 aliphatic carbocycles. The fourth-order valence-electron chi connectivity index (χ4n) is 2.16. The molecule has 0 spiro atoms. The van der Waals surface area contributed by atoms with Crippen LogP contribution >= 0.6 is 0 Å². The van der Waals surface area contributed by atoms with Gasteiger partial charge in [-0.25, -0.2) is 0 Å². The van der Waals surface area contributed by atoms with Crippen LogP contribution in [0.2, 0.25) is 0 Å². The van der Waals surface area contributed by atoms with E-state index in [1.165, 1.54) is 0 Å². The van der Waals surface area contributed by atoms with Gasteiger partial charge in [0.15, 0.2) is 0 Å². The Morgan fingerprint density at radius 1 is 1.06 bits per heavy atom. The van der Waals surface area contributed by atoms with Crippen molar-refractivity contribution in [1.82, 2.24) is 0 Å². The zero-order valence-corrected chi connectivity index (χ0v) is 11.7. The lowest BCUT2D eigenvalue weighted by atomic mass is 9.83. The Morgan fingerprint density at radius 2 is 1.72 bits per heavy atom. The molecule has 0 aliphatic heterocycles. The van der Waals surface area contributed by atoms with Gasteiger partial charge in [0.1, 0.15) is 11.5 Å². The predicted octanol–water partition coefficient (Wildman–Crippen LogP) is 1.79. The number of benzene rings is 2. The van der Waals surface area contributed by atoms with Crippen LogP contribution in [0.25, 0.3) is 10.8 Å². The number of fused-ring (bicyclic) bond motifs is 1. The second-order valence-corrected chi connectivity index (χ2v) is 6.11. The van der Waals surface area contributed by atoms with E-state index in [0.717, 1.165) is 10.9 Å². The zero-order chi connectivity index (χ0) is 13.5. The average Bonchev–Trinajstić information content (AvgIpc) is 2.27. The standard InChI is InChI=1S/C14H16O3Si/c1-14(2,3)10-6-4-5-8-9(10)7-11(15)13(18-17)12(8)16/h4-7,15-17H,1-3H3. The Hall–Kier alpha value is -1.52. The number of phenolic OH excluding ortho intramolecular Hbond substituents is 2. The van der Waals surface area contributed by atoms with Gasteiger partial charge in [-0.3, -0.25) is 0 Å². The van der Waals surface area contributed by atoms with Crippen molar-refractivity contribution in [2.24, 2.45) is 0 Å². The maximum atomic E-state index is 10.1. The van der Waals surface area contributed by atoms with E-state index in [4.69, 9.17) is 0 Å². The molecular formula is C14H16O3Si. The maximum absolute atomic E-state index is 10.1. The summed E-state index contributed by atoms with van der Waals surface area (Å²) in [7, 11) is -0.626. The van der Waals surface area contributed by atoms with E-state index in [1.54, 1.807) is 12.1 Å². The van der Waals surface area contributed by atoms with E-state index in [1.807, 2.05) is 12.1 Å². The highest BCUT2D eigenvalue weighted by Gasteiger charge is 2.20. The largest absolute Gasteiger partial charge is 0.508 e. The molecular weight excluding hydrogens is 244 g/mol. The van der Waals surface area contributed by atoms with E-state index < -0.39 is 9.76 Å². The molecule has 0 heterocycles. The second kappa shape index (κ2) is 4.30. The van der Waals surface area contributed by atoms with E-state index in [9.17, 15) is 15.0 Å². The first-order chi connectivity index (χ1) is 8.36. The Bertz CT molecular complexity index is 600. The summed E-state index contributed by atoms with van der Waals surface area (Å²) in [6.45, 7) is 6.24. The van der Waals surface area contributed by atoms with Gasteiger partial charge in [0.2, 0.25) is 0 Å². The first-order valence-electron chi connectivity index (χ1n) is 5.74. The van der Waals surface area contributed by atoms with Crippen LogP contribution in [0, 0.1) is 0 Å². The first kappa shape index (κ1) is 12.9. The maximum Gasteiger partial charge on any atom is 0.273 e. The molecule has 3 N–H and O–H groups in total. The molecule has 18 heavy (non-hydrogen) atoms. The van der Waals surface area contributed by atoms with Crippen LogP contribution in [0.5, 0.6) is 11.5 Å². The normalized spacial score (nSPS) is 12.0. The Labute approximate surface area is 109 Å². The molecule has 0 amide bonds. The van der Waals surface area contributed by atoms with Gasteiger partial charge < -0.3 is 15.0 Å². The fraction of sp³-hybridized carbons (Fsp3) is 0.286. The summed E-state index contributed by atoms with van der Waals surface area (Å²) in [4.78, 5) is 9.20. The van der Waals surface area contributed by atoms with Gasteiger partial charge in [-0.05, 0) is 22.4 Å². The number of phenols is 2. The molecule has 0 bridgehead atoms. The van der Waals surface area contributed by atoms with Crippen molar-refractivity contribution in [3.05, 3.63) is 29.8 Å². The summed E-state index contributed by atoms with van der Waals surface area (Å²) in [6.07, 6.45) is 0. The molecule has 0 aromatic heterocycles. The van der Waals surface area contributed by atoms with Crippen LogP contribution in [-0.2, 0) is 5.41 Å². The van der Waals surface area contributed by atoms with Crippen molar-refractivity contribution in [1.29, 1.82) is 0 Å². The molecule has 2 aromatic carbocycles. The Morgan fingerprint density at radius 3 is 2.28 bits per heavy atom. The summed E-state index contributed by atoms with van der Waals surface area (Å²) in [6, 6.07) is 7.28. The summed E-state index contributed by atoms with van der Waals surface area (Å²) >= 11 is 0. The monoisotopic (exact) mass is 260 g/mol. The van der Waals surface area contributed by atoms with Crippen LogP contribution in [-0.4, -0.2) is 24.8 Å². The van der Waals surface area contributed by atoms with Crippen molar-refractivity contribution < 1.29 is 15.0 Å². The molecule has 2 rings (SSSR count). The summed E-state index contributed by atoms with van der Waals surface area (Å²) in [5.41, 5.74) is 0.972. The molecule has 0 atom stereocenters. The molecule has 3 nitrogen and oxygen atoms in total. The minimum absolute atomic E-state index is 0.0306. The lowest BCUT2D eigenvalue weighted by Crippen LogP contribution is -2.16. The highest BCUT2D eigenvalue weighted by Crippen LogP contribution is 2.35. The molecule has 0 aliphatic rings. The van der Waals surface area contributed by atoms with Crippen LogP contribution in [0.4, 0.5) is 0 Å². The van der Waals surface area contributed by atoms with E-state index in [2.05, 4.69) is 20.8 Å². The van der Waals surface area contributed by atoms with E-state index in [0.29, 0.717) is 5.39 Å². The van der Waals surface area contributed by atoms with Gasteiger partial charge in [-0.1, -0.05) is 39.0 Å². The SMILES string of the molecule is CC(C)(C)c1cccc2c(O)c([Si]O)c(O)cc12. The Balaban J connectivity index is 2.88. The lowest BCUT2D eigenvalue weighted by molar-refractivity contribution is 0.460. The zero-order valence-electron chi connectivity index (χ0n) is 10.7. The summed E-state index contributed by atoms with van der Waals surface area (Å²) in [5, 5.41) is 21.7. The number of hydrogen-bond donors (Lipinski definition) is 3. The van der Waals surface area contributed by atoms with Gasteiger partial charge in [0, 0.05) is 5.39 Å². The molecule has 0 saturated carbocycles. The predicted molar refractivity (Wildman–Crippen MR) is 73.6 cm³/mol. The third-order valence-electron chi connectivity index (χ3n) is 3.06. The topological polar surface area (TPSA) is 60.7 Å². The molecule has 2 aromatic rings. The highest BCUT2D eigenvalue weighted by atomic mass is 28.2. The van der Waals surface area contributed by atoms with Crippen molar-refractivity contribution >= 4 is 25.7 Å². The fourth-order valence-corrected chi connectivity index (χ4v) is 2.58. The van der Waals surface area contributed by atoms with Crippen molar-refractivity contribution in [2.45, 2.75) is 26.2 Å². The van der Waals surface area contributed by atoms with E-state index >= 15 is 0 Å². The summed E-state index contributed by atoms with van der Waals surface area (Å²) < 4.78 is 0. The van der Waals surface area contributed by atoms with Crippen molar-refractivity contribution in [2.75, 3.05) is 0 Å². The van der Waals surface area contributed by atoms with Crippen LogP contribution < -0.4 is 5.19 Å². The third-order valence-corrected chi connectivity index (χ3v) is 3.77. The third kappa shape index (κ3) is 1.98. The van der Waals surface area contributed by atoms with Crippen molar-refractivity contribution in [3.63, 3.8) is 0 Å². The minimum Gasteiger partial charge on any atom is -0.508 e. The van der Waals surface area contributed by atoms with Gasteiger partial charge in [0.25, 0.3) is 9.76 Å². The second-order valence-electron chi connectivity index (χ2n) is 5.38. The summed E-state index contributed by atoms with van der Waals surface area (Å²) in [5.74, 6) is -0.0885. The van der Waals surface area contributed by atoms with E-state index in [-0.39, 0.29) is 22.1 Å². The first-order valence-corrected chi connectivity index (χ1v) is 6.69. The van der Waals surface area contributed by atoms with Gasteiger partial charge in [0.05, 0.1) is 5.19 Å². The number of aromatic hydroxyl groups is 2. The molecule has 4 heteroatoms. The quantitative estimate of drug-likeness (QED) is 0.685. The van der Waals surface area contributed by atoms with Crippen LogP contribution in [0.1, 0.15) is 26.3 Å². The van der Waals surface area contributed by atoms with Crippen LogP contribution in [0.3, 0.4) is 0 Å². The van der Waals surface area contributed by atoms with Gasteiger partial charge in [-0.15, -0.1) is 0 Å². The number of rotatable bonds is 1. The van der Waals surface area contributed by atoms with Gasteiger partial charge in [-0.2, -0.15) is 0 Å². The minimum atomic E-state index is -0.626. The lowest BCUT2D eigenvalue weighted by Gasteiger charge is -2.22. The Kier molecular flexibility index (Phi) is 3.08. The van der Waals surface area contributed by atoms with Crippen LogP contribution in [0.15, 0.2) is 24.3 Å². The molecule has 0 fully saturated rings. The highest BCUT2D eigenvalue weighted by molar-refractivity contribution is 6.49.